The first-order valence-corrected chi connectivity index (χ1v) is 4.56. The Hall–Kier alpha value is -1.35. The summed E-state index contributed by atoms with van der Waals surface area (Å²) in [6.45, 7) is 2.14. The van der Waals surface area contributed by atoms with Gasteiger partial charge in [0.1, 0.15) is 5.15 Å². The summed E-state index contributed by atoms with van der Waals surface area (Å²) < 4.78 is 4.72. The first kappa shape index (κ1) is 10.7. The van der Waals surface area contributed by atoms with Crippen molar-refractivity contribution in [2.24, 2.45) is 0 Å². The van der Waals surface area contributed by atoms with Gasteiger partial charge in [-0.2, -0.15) is 0 Å². The third kappa shape index (κ3) is 3.58. The van der Waals surface area contributed by atoms with E-state index in [2.05, 4.69) is 4.98 Å². The highest BCUT2D eigenvalue weighted by molar-refractivity contribution is 6.29. The normalized spacial score (nSPS) is 10.4. The van der Waals surface area contributed by atoms with E-state index < -0.39 is 0 Å². The van der Waals surface area contributed by atoms with Crippen LogP contribution in [0.1, 0.15) is 12.5 Å². The molecule has 1 aromatic rings. The average molecular weight is 212 g/mol. The maximum absolute atomic E-state index is 10.9. The fourth-order valence-corrected chi connectivity index (χ4v) is 0.952. The molecule has 74 valence electrons. The molecule has 0 bridgehead atoms. The lowest BCUT2D eigenvalue weighted by atomic mass is 10.2. The van der Waals surface area contributed by atoms with Crippen molar-refractivity contribution in [2.75, 3.05) is 6.61 Å². The third-order valence-electron chi connectivity index (χ3n) is 1.45. The summed E-state index contributed by atoms with van der Waals surface area (Å²) >= 11 is 5.60. The van der Waals surface area contributed by atoms with E-state index in [0.717, 1.165) is 5.56 Å². The molecule has 1 aromatic heterocycles. The molecule has 4 heteroatoms. The third-order valence-corrected chi connectivity index (χ3v) is 1.67. The summed E-state index contributed by atoms with van der Waals surface area (Å²) in [4.78, 5) is 14.8. The largest absolute Gasteiger partial charge is 0.463 e. The van der Waals surface area contributed by atoms with E-state index in [1.165, 1.54) is 6.08 Å². The summed E-state index contributed by atoms with van der Waals surface area (Å²) in [5.74, 6) is -0.359. The Morgan fingerprint density at radius 2 is 2.43 bits per heavy atom. The number of esters is 1. The van der Waals surface area contributed by atoms with Crippen LogP contribution in [-0.2, 0) is 9.53 Å². The number of halogens is 1. The predicted molar refractivity (Wildman–Crippen MR) is 54.9 cm³/mol. The molecule has 0 radical (unpaired) electrons. The van der Waals surface area contributed by atoms with Crippen LogP contribution in [0.2, 0.25) is 5.15 Å². The van der Waals surface area contributed by atoms with Crippen LogP contribution < -0.4 is 0 Å². The summed E-state index contributed by atoms with van der Waals surface area (Å²) in [5, 5.41) is 0.429. The van der Waals surface area contributed by atoms with Gasteiger partial charge in [0.2, 0.25) is 0 Å². The van der Waals surface area contributed by atoms with Crippen LogP contribution in [0.25, 0.3) is 6.08 Å². The van der Waals surface area contributed by atoms with Gasteiger partial charge in [-0.1, -0.05) is 17.7 Å². The summed E-state index contributed by atoms with van der Waals surface area (Å²) in [6, 6.07) is 3.43. The number of ether oxygens (including phenoxy) is 1. The van der Waals surface area contributed by atoms with Gasteiger partial charge >= 0.3 is 5.97 Å². The minimum absolute atomic E-state index is 0.359. The van der Waals surface area contributed by atoms with E-state index >= 15 is 0 Å². The van der Waals surface area contributed by atoms with Crippen LogP contribution >= 0.6 is 11.6 Å². The molecule has 0 saturated carbocycles. The zero-order chi connectivity index (χ0) is 10.4. The Balaban J connectivity index is 2.60. The molecule has 0 aliphatic heterocycles. The van der Waals surface area contributed by atoms with E-state index in [1.807, 2.05) is 0 Å². The average Bonchev–Trinajstić information content (AvgIpc) is 2.17. The maximum atomic E-state index is 10.9. The number of aromatic nitrogens is 1. The zero-order valence-corrected chi connectivity index (χ0v) is 8.49. The van der Waals surface area contributed by atoms with Crippen LogP contribution in [0.3, 0.4) is 0 Å². The van der Waals surface area contributed by atoms with Crippen molar-refractivity contribution in [3.8, 4) is 0 Å². The number of hydrogen-bond donors (Lipinski definition) is 0. The van der Waals surface area contributed by atoms with Crippen molar-refractivity contribution in [2.45, 2.75) is 6.92 Å². The molecule has 1 heterocycles. The highest BCUT2D eigenvalue weighted by Crippen LogP contribution is 2.06. The second-order valence-corrected chi connectivity index (χ2v) is 2.89. The lowest BCUT2D eigenvalue weighted by Crippen LogP contribution is -1.98. The fourth-order valence-electron chi connectivity index (χ4n) is 0.840. The van der Waals surface area contributed by atoms with Gasteiger partial charge in [0.15, 0.2) is 0 Å². The maximum Gasteiger partial charge on any atom is 0.330 e. The van der Waals surface area contributed by atoms with Gasteiger partial charge in [0.05, 0.1) is 6.61 Å². The lowest BCUT2D eigenvalue weighted by Gasteiger charge is -1.95. The number of hydrogen-bond acceptors (Lipinski definition) is 3. The van der Waals surface area contributed by atoms with Crippen molar-refractivity contribution in [3.63, 3.8) is 0 Å². The van der Waals surface area contributed by atoms with E-state index in [4.69, 9.17) is 16.3 Å². The van der Waals surface area contributed by atoms with E-state index in [0.29, 0.717) is 11.8 Å². The van der Waals surface area contributed by atoms with Crippen LogP contribution in [-0.4, -0.2) is 17.6 Å². The molecule has 0 fully saturated rings. The Kier molecular flexibility index (Phi) is 4.13. The smallest absolute Gasteiger partial charge is 0.330 e. The van der Waals surface area contributed by atoms with Crippen LogP contribution in [0.5, 0.6) is 0 Å². The lowest BCUT2D eigenvalue weighted by molar-refractivity contribution is -0.137. The first-order valence-electron chi connectivity index (χ1n) is 4.18. The molecule has 0 spiro atoms. The number of carbonyl (C=O) groups is 1. The van der Waals surface area contributed by atoms with Crippen LogP contribution in [0.4, 0.5) is 0 Å². The summed E-state index contributed by atoms with van der Waals surface area (Å²) in [5.41, 5.74) is 0.808. The second kappa shape index (κ2) is 5.40. The van der Waals surface area contributed by atoms with Gasteiger partial charge in [-0.3, -0.25) is 0 Å². The van der Waals surface area contributed by atoms with Gasteiger partial charge in [0.25, 0.3) is 0 Å². The van der Waals surface area contributed by atoms with E-state index in [9.17, 15) is 4.79 Å². The molecule has 0 saturated heterocycles. The van der Waals surface area contributed by atoms with Gasteiger partial charge in [0, 0.05) is 12.3 Å². The topological polar surface area (TPSA) is 39.2 Å². The molecule has 0 amide bonds. The van der Waals surface area contributed by atoms with Crippen molar-refractivity contribution in [3.05, 3.63) is 35.1 Å². The van der Waals surface area contributed by atoms with E-state index in [-0.39, 0.29) is 5.97 Å². The fraction of sp³-hybridized carbons (Fsp3) is 0.200. The monoisotopic (exact) mass is 211 g/mol. The van der Waals surface area contributed by atoms with Gasteiger partial charge < -0.3 is 4.74 Å². The molecule has 0 atom stereocenters. The number of nitrogens with zero attached hydrogens (tertiary/aromatic N) is 1. The number of pyridine rings is 1. The highest BCUT2D eigenvalue weighted by atomic mass is 35.5. The predicted octanol–water partition coefficient (Wildman–Crippen LogP) is 2.31. The quantitative estimate of drug-likeness (QED) is 0.438. The van der Waals surface area contributed by atoms with Crippen molar-refractivity contribution < 1.29 is 9.53 Å². The highest BCUT2D eigenvalue weighted by Gasteiger charge is 1.94. The molecular weight excluding hydrogens is 202 g/mol. The first-order chi connectivity index (χ1) is 6.72. The molecule has 14 heavy (non-hydrogen) atoms. The minimum Gasteiger partial charge on any atom is -0.463 e. The van der Waals surface area contributed by atoms with Crippen molar-refractivity contribution in [1.29, 1.82) is 0 Å². The standard InChI is InChI=1S/C10H10ClNO2/c1-2-14-10(13)6-4-8-3-5-9(11)12-7-8/h3-7H,2H2,1H3/b6-4-. The Labute approximate surface area is 87.4 Å². The van der Waals surface area contributed by atoms with Crippen molar-refractivity contribution >= 4 is 23.6 Å². The number of carbonyl (C=O) groups excluding carboxylic acids is 1. The summed E-state index contributed by atoms with van der Waals surface area (Å²) in [6.07, 6.45) is 4.56. The Bertz CT molecular complexity index is 332. The Morgan fingerprint density at radius 3 is 3.00 bits per heavy atom. The molecule has 0 aliphatic rings. The molecule has 3 nitrogen and oxygen atoms in total. The number of rotatable bonds is 3. The van der Waals surface area contributed by atoms with Gasteiger partial charge in [-0.25, -0.2) is 9.78 Å². The van der Waals surface area contributed by atoms with Gasteiger partial charge in [-0.05, 0) is 24.6 Å². The molecule has 0 N–H and O–H groups in total. The summed E-state index contributed by atoms with van der Waals surface area (Å²) in [7, 11) is 0. The second-order valence-electron chi connectivity index (χ2n) is 2.50. The zero-order valence-electron chi connectivity index (χ0n) is 7.74. The van der Waals surface area contributed by atoms with Gasteiger partial charge in [-0.15, -0.1) is 0 Å². The molecular formula is C10H10ClNO2. The molecule has 1 rings (SSSR count). The van der Waals surface area contributed by atoms with Crippen molar-refractivity contribution in [1.82, 2.24) is 4.98 Å². The van der Waals surface area contributed by atoms with Crippen LogP contribution in [0.15, 0.2) is 24.4 Å². The van der Waals surface area contributed by atoms with E-state index in [1.54, 1.807) is 31.3 Å². The molecule has 0 aliphatic carbocycles. The molecule has 0 aromatic carbocycles. The Morgan fingerprint density at radius 1 is 1.64 bits per heavy atom. The minimum atomic E-state index is -0.359. The SMILES string of the molecule is CCOC(=O)/C=C\c1ccc(Cl)nc1. The molecule has 0 unspecified atom stereocenters. The van der Waals surface area contributed by atoms with Crippen LogP contribution in [0, 0.1) is 0 Å².